The molecule has 1 aliphatic rings. The highest BCUT2D eigenvalue weighted by Crippen LogP contribution is 2.37. The van der Waals surface area contributed by atoms with E-state index in [0.29, 0.717) is 36.6 Å². The Bertz CT molecular complexity index is 1330. The first-order valence-electron chi connectivity index (χ1n) is 11.8. The van der Waals surface area contributed by atoms with Crippen LogP contribution in [0, 0.1) is 20.8 Å². The highest BCUT2D eigenvalue weighted by molar-refractivity contribution is 5.70. The van der Waals surface area contributed by atoms with Crippen molar-refractivity contribution in [3.8, 4) is 22.8 Å². The number of ether oxygens (including phenoxy) is 2. The first-order chi connectivity index (χ1) is 16.4. The molecule has 0 saturated carbocycles. The van der Waals surface area contributed by atoms with Crippen molar-refractivity contribution < 1.29 is 9.47 Å². The Morgan fingerprint density at radius 2 is 1.65 bits per heavy atom. The van der Waals surface area contributed by atoms with E-state index in [1.54, 1.807) is 18.8 Å². The molecule has 2 aromatic carbocycles. The number of hydrogen-bond acceptors (Lipinski definition) is 5. The van der Waals surface area contributed by atoms with Crippen molar-refractivity contribution >= 4 is 5.69 Å². The van der Waals surface area contributed by atoms with Crippen LogP contribution in [0.3, 0.4) is 0 Å². The molecule has 7 heteroatoms. The van der Waals surface area contributed by atoms with E-state index in [1.165, 1.54) is 5.56 Å². The van der Waals surface area contributed by atoms with Gasteiger partial charge in [0, 0.05) is 24.7 Å². The number of aromatic nitrogens is 2. The first kappa shape index (κ1) is 23.8. The van der Waals surface area contributed by atoms with Crippen LogP contribution in [0.2, 0.25) is 0 Å². The van der Waals surface area contributed by atoms with E-state index < -0.39 is 0 Å². The standard InChI is InChI=1S/C27H34N4O3/c1-17-12-18(2)26(19(3)13-17)29-25-16-22-21-15-24(34-5)23(33-4)14-20(21)8-11-30(22)27(32)31(25)10-7-6-9-28/h12-16H,6-11,28H2,1-5H3/b29-25+. The van der Waals surface area contributed by atoms with Gasteiger partial charge in [-0.3, -0.25) is 9.13 Å². The number of aryl methyl sites for hydroxylation is 4. The van der Waals surface area contributed by atoms with Gasteiger partial charge in [-0.25, -0.2) is 9.79 Å². The predicted molar refractivity (Wildman–Crippen MR) is 135 cm³/mol. The van der Waals surface area contributed by atoms with E-state index >= 15 is 0 Å². The topological polar surface area (TPSA) is 83.8 Å². The molecule has 2 N–H and O–H groups in total. The predicted octanol–water partition coefficient (Wildman–Crippen LogP) is 3.79. The van der Waals surface area contributed by atoms with Crippen molar-refractivity contribution in [3.63, 3.8) is 0 Å². The van der Waals surface area contributed by atoms with Crippen molar-refractivity contribution in [2.45, 2.75) is 53.1 Å². The summed E-state index contributed by atoms with van der Waals surface area (Å²) in [4.78, 5) is 18.7. The average Bonchev–Trinajstić information content (AvgIpc) is 2.81. The summed E-state index contributed by atoms with van der Waals surface area (Å²) in [5.41, 5.74) is 13.6. The zero-order valence-electron chi connectivity index (χ0n) is 20.8. The van der Waals surface area contributed by atoms with Gasteiger partial charge in [-0.05, 0) is 75.4 Å². The lowest BCUT2D eigenvalue weighted by atomic mass is 9.97. The zero-order valence-corrected chi connectivity index (χ0v) is 20.8. The molecule has 0 fully saturated rings. The van der Waals surface area contributed by atoms with Gasteiger partial charge in [0.25, 0.3) is 0 Å². The Kier molecular flexibility index (Phi) is 6.93. The molecule has 0 unspecified atom stereocenters. The van der Waals surface area contributed by atoms with Gasteiger partial charge in [0.15, 0.2) is 11.5 Å². The summed E-state index contributed by atoms with van der Waals surface area (Å²) in [7, 11) is 3.26. The monoisotopic (exact) mass is 462 g/mol. The number of methoxy groups -OCH3 is 2. The maximum absolute atomic E-state index is 13.7. The van der Waals surface area contributed by atoms with Gasteiger partial charge in [0.1, 0.15) is 5.49 Å². The largest absolute Gasteiger partial charge is 0.493 e. The minimum absolute atomic E-state index is 0.0453. The van der Waals surface area contributed by atoms with Crippen LogP contribution in [0.5, 0.6) is 11.5 Å². The summed E-state index contributed by atoms with van der Waals surface area (Å²) < 4.78 is 14.7. The smallest absolute Gasteiger partial charge is 0.330 e. The van der Waals surface area contributed by atoms with E-state index in [-0.39, 0.29) is 5.69 Å². The number of hydrogen-bond donors (Lipinski definition) is 1. The molecule has 180 valence electrons. The fourth-order valence-electron chi connectivity index (χ4n) is 4.84. The van der Waals surface area contributed by atoms with Gasteiger partial charge in [-0.2, -0.15) is 0 Å². The fourth-order valence-corrected chi connectivity index (χ4v) is 4.84. The second-order valence-electron chi connectivity index (χ2n) is 8.94. The van der Waals surface area contributed by atoms with E-state index in [9.17, 15) is 4.79 Å². The third-order valence-electron chi connectivity index (χ3n) is 6.48. The van der Waals surface area contributed by atoms with Crippen molar-refractivity contribution in [1.82, 2.24) is 9.13 Å². The van der Waals surface area contributed by atoms with Gasteiger partial charge in [0.05, 0.1) is 25.6 Å². The molecule has 3 aromatic rings. The number of benzene rings is 2. The molecule has 0 atom stereocenters. The quantitative estimate of drug-likeness (QED) is 0.542. The summed E-state index contributed by atoms with van der Waals surface area (Å²) in [5, 5.41) is 0. The lowest BCUT2D eigenvalue weighted by molar-refractivity contribution is 0.354. The van der Waals surface area contributed by atoms with Crippen LogP contribution in [-0.4, -0.2) is 29.9 Å². The van der Waals surface area contributed by atoms with Crippen LogP contribution >= 0.6 is 0 Å². The summed E-state index contributed by atoms with van der Waals surface area (Å²) >= 11 is 0. The number of nitrogens with two attached hydrogens (primary N) is 1. The molecular weight excluding hydrogens is 428 g/mol. The third-order valence-corrected chi connectivity index (χ3v) is 6.48. The minimum atomic E-state index is -0.0453. The van der Waals surface area contributed by atoms with Crippen LogP contribution in [0.15, 0.2) is 40.1 Å². The number of rotatable bonds is 7. The Morgan fingerprint density at radius 1 is 0.971 bits per heavy atom. The van der Waals surface area contributed by atoms with Crippen LogP contribution in [0.4, 0.5) is 5.69 Å². The van der Waals surface area contributed by atoms with Crippen molar-refractivity contribution in [1.29, 1.82) is 0 Å². The maximum Gasteiger partial charge on any atom is 0.330 e. The molecule has 1 aliphatic heterocycles. The van der Waals surface area contributed by atoms with Crippen LogP contribution in [0.25, 0.3) is 11.3 Å². The van der Waals surface area contributed by atoms with Gasteiger partial charge in [0.2, 0.25) is 0 Å². The number of fused-ring (bicyclic) bond motifs is 3. The van der Waals surface area contributed by atoms with Gasteiger partial charge in [-0.15, -0.1) is 0 Å². The highest BCUT2D eigenvalue weighted by atomic mass is 16.5. The van der Waals surface area contributed by atoms with Crippen molar-refractivity contribution in [2.24, 2.45) is 10.7 Å². The SMILES string of the molecule is COc1cc2c(cc1OC)-c1c/c(=N\c3c(C)cc(C)cc3C)n(CCCCN)c(=O)n1CC2. The second-order valence-corrected chi connectivity index (χ2v) is 8.94. The molecule has 0 spiro atoms. The van der Waals surface area contributed by atoms with E-state index in [1.807, 2.05) is 22.8 Å². The van der Waals surface area contributed by atoms with Gasteiger partial charge in [-0.1, -0.05) is 17.7 Å². The molecule has 0 bridgehead atoms. The molecule has 4 rings (SSSR count). The highest BCUT2D eigenvalue weighted by Gasteiger charge is 2.22. The Balaban J connectivity index is 1.99. The van der Waals surface area contributed by atoms with Crippen LogP contribution < -0.4 is 26.4 Å². The van der Waals surface area contributed by atoms with Gasteiger partial charge >= 0.3 is 5.69 Å². The molecule has 0 radical (unpaired) electrons. The summed E-state index contributed by atoms with van der Waals surface area (Å²) in [6.07, 6.45) is 2.43. The Hall–Kier alpha value is -3.32. The molecule has 7 nitrogen and oxygen atoms in total. The van der Waals surface area contributed by atoms with E-state index in [4.69, 9.17) is 20.2 Å². The lowest BCUT2D eigenvalue weighted by Gasteiger charge is -2.24. The first-order valence-corrected chi connectivity index (χ1v) is 11.8. The van der Waals surface area contributed by atoms with E-state index in [2.05, 4.69) is 32.9 Å². The maximum atomic E-state index is 13.7. The molecule has 34 heavy (non-hydrogen) atoms. The third kappa shape index (κ3) is 4.40. The summed E-state index contributed by atoms with van der Waals surface area (Å²) in [6, 6.07) is 10.3. The Morgan fingerprint density at radius 3 is 2.29 bits per heavy atom. The van der Waals surface area contributed by atoms with E-state index in [0.717, 1.165) is 52.9 Å². The summed E-state index contributed by atoms with van der Waals surface area (Å²) in [6.45, 7) is 8.00. The molecule has 0 aliphatic carbocycles. The zero-order chi connectivity index (χ0) is 24.4. The minimum Gasteiger partial charge on any atom is -0.493 e. The van der Waals surface area contributed by atoms with Crippen LogP contribution in [0.1, 0.15) is 35.1 Å². The Labute approximate surface area is 200 Å². The van der Waals surface area contributed by atoms with Crippen molar-refractivity contribution in [3.05, 3.63) is 68.6 Å². The molecule has 1 aromatic heterocycles. The summed E-state index contributed by atoms with van der Waals surface area (Å²) in [5.74, 6) is 1.34. The molecule has 0 amide bonds. The van der Waals surface area contributed by atoms with Crippen LogP contribution in [-0.2, 0) is 19.5 Å². The number of unbranched alkanes of at least 4 members (excludes halogenated alkanes) is 1. The average molecular weight is 463 g/mol. The molecule has 2 heterocycles. The molecule has 0 saturated heterocycles. The fraction of sp³-hybridized carbons (Fsp3) is 0.407. The lowest BCUT2D eigenvalue weighted by Crippen LogP contribution is -2.42. The van der Waals surface area contributed by atoms with Gasteiger partial charge < -0.3 is 15.2 Å². The normalized spacial score (nSPS) is 12.9. The van der Waals surface area contributed by atoms with Crippen molar-refractivity contribution in [2.75, 3.05) is 20.8 Å². The molecular formula is C27H34N4O3. The number of nitrogens with zero attached hydrogens (tertiary/aromatic N) is 3. The second kappa shape index (κ2) is 9.89.